The van der Waals surface area contributed by atoms with E-state index >= 15 is 0 Å². The van der Waals surface area contributed by atoms with Gasteiger partial charge in [-0.05, 0) is 36.3 Å². The number of nitrogens with zero attached hydrogens (tertiary/aromatic N) is 1. The number of ether oxygens (including phenoxy) is 1. The van der Waals surface area contributed by atoms with Crippen molar-refractivity contribution in [2.45, 2.75) is 31.6 Å². The summed E-state index contributed by atoms with van der Waals surface area (Å²) in [6.45, 7) is 4.40. The van der Waals surface area contributed by atoms with Crippen molar-refractivity contribution in [3.05, 3.63) is 17.2 Å². The van der Waals surface area contributed by atoms with Crippen molar-refractivity contribution >= 4 is 17.4 Å². The van der Waals surface area contributed by atoms with Gasteiger partial charge in [-0.15, -0.1) is 11.8 Å². The van der Waals surface area contributed by atoms with Gasteiger partial charge in [-0.2, -0.15) is 0 Å². The molecule has 1 rings (SSSR count). The van der Waals surface area contributed by atoms with E-state index in [2.05, 4.69) is 45.2 Å². The van der Waals surface area contributed by atoms with E-state index in [4.69, 9.17) is 4.74 Å². The summed E-state index contributed by atoms with van der Waals surface area (Å²) in [6, 6.07) is 2.18. The SMILES string of the molecule is CCc1cc(OC)c(SC)c(CC)c1N(C)C. The molecule has 0 amide bonds. The van der Waals surface area contributed by atoms with Crippen molar-refractivity contribution < 1.29 is 4.74 Å². The second-order valence-corrected chi connectivity index (χ2v) is 5.02. The monoisotopic (exact) mass is 253 g/mol. The Kier molecular flexibility index (Phi) is 5.19. The molecule has 0 spiro atoms. The molecule has 96 valence electrons. The van der Waals surface area contributed by atoms with Crippen LogP contribution in [0.2, 0.25) is 0 Å². The molecule has 0 saturated heterocycles. The molecule has 0 N–H and O–H groups in total. The third-order valence-electron chi connectivity index (χ3n) is 3.00. The standard InChI is InChI=1S/C14H23NOS/c1-7-10-9-12(16-5)14(17-6)11(8-2)13(10)15(3)4/h9H,7-8H2,1-6H3. The fourth-order valence-corrected chi connectivity index (χ4v) is 3.10. The van der Waals surface area contributed by atoms with Crippen LogP contribution in [0.25, 0.3) is 0 Å². The van der Waals surface area contributed by atoms with E-state index in [1.165, 1.54) is 21.7 Å². The molecule has 1 aromatic carbocycles. The molecular formula is C14H23NOS. The predicted molar refractivity (Wildman–Crippen MR) is 77.9 cm³/mol. The van der Waals surface area contributed by atoms with Gasteiger partial charge in [0.15, 0.2) is 0 Å². The highest BCUT2D eigenvalue weighted by Gasteiger charge is 2.17. The summed E-state index contributed by atoms with van der Waals surface area (Å²) in [5, 5.41) is 0. The van der Waals surface area contributed by atoms with E-state index in [-0.39, 0.29) is 0 Å². The largest absolute Gasteiger partial charge is 0.496 e. The summed E-state index contributed by atoms with van der Waals surface area (Å²) < 4.78 is 5.52. The minimum atomic E-state index is 1.01. The summed E-state index contributed by atoms with van der Waals surface area (Å²) in [7, 11) is 5.98. The normalized spacial score (nSPS) is 10.5. The molecule has 3 heteroatoms. The molecule has 0 heterocycles. The van der Waals surface area contributed by atoms with E-state index in [0.29, 0.717) is 0 Å². The molecule has 17 heavy (non-hydrogen) atoms. The molecule has 0 aromatic heterocycles. The van der Waals surface area contributed by atoms with Gasteiger partial charge in [0.1, 0.15) is 5.75 Å². The zero-order valence-corrected chi connectivity index (χ0v) is 12.6. The number of hydrogen-bond donors (Lipinski definition) is 0. The second-order valence-electron chi connectivity index (χ2n) is 4.20. The van der Waals surface area contributed by atoms with Crippen LogP contribution in [0.3, 0.4) is 0 Å². The summed E-state index contributed by atoms with van der Waals surface area (Å²) in [5.74, 6) is 1.01. The third kappa shape index (κ3) is 2.71. The molecule has 2 nitrogen and oxygen atoms in total. The Morgan fingerprint density at radius 3 is 2.24 bits per heavy atom. The van der Waals surface area contributed by atoms with Crippen molar-refractivity contribution in [1.29, 1.82) is 0 Å². The first-order valence-corrected chi connectivity index (χ1v) is 7.27. The lowest BCUT2D eigenvalue weighted by Crippen LogP contribution is -2.15. The summed E-state index contributed by atoms with van der Waals surface area (Å²) in [6.07, 6.45) is 4.18. The third-order valence-corrected chi connectivity index (χ3v) is 3.85. The number of thioether (sulfide) groups is 1. The molecule has 0 radical (unpaired) electrons. The quantitative estimate of drug-likeness (QED) is 0.744. The van der Waals surface area contributed by atoms with Gasteiger partial charge in [-0.25, -0.2) is 0 Å². The molecule has 0 bridgehead atoms. The van der Waals surface area contributed by atoms with Crippen LogP contribution in [-0.4, -0.2) is 27.5 Å². The summed E-state index contributed by atoms with van der Waals surface area (Å²) >= 11 is 1.77. The van der Waals surface area contributed by atoms with Crippen molar-refractivity contribution in [2.24, 2.45) is 0 Å². The van der Waals surface area contributed by atoms with Crippen LogP contribution in [0, 0.1) is 0 Å². The highest BCUT2D eigenvalue weighted by Crippen LogP contribution is 2.40. The van der Waals surface area contributed by atoms with Crippen molar-refractivity contribution in [2.75, 3.05) is 32.4 Å². The van der Waals surface area contributed by atoms with Crippen LogP contribution in [0.15, 0.2) is 11.0 Å². The fourth-order valence-electron chi connectivity index (χ4n) is 2.27. The number of methoxy groups -OCH3 is 1. The molecule has 1 aromatic rings. The average molecular weight is 253 g/mol. The number of benzene rings is 1. The number of rotatable bonds is 5. The van der Waals surface area contributed by atoms with Crippen LogP contribution in [0.1, 0.15) is 25.0 Å². The van der Waals surface area contributed by atoms with E-state index < -0.39 is 0 Å². The smallest absolute Gasteiger partial charge is 0.133 e. The maximum absolute atomic E-state index is 5.52. The first-order chi connectivity index (χ1) is 8.10. The van der Waals surface area contributed by atoms with Gasteiger partial charge in [0.2, 0.25) is 0 Å². The maximum atomic E-state index is 5.52. The van der Waals surface area contributed by atoms with Gasteiger partial charge >= 0.3 is 0 Å². The predicted octanol–water partition coefficient (Wildman–Crippen LogP) is 3.61. The van der Waals surface area contributed by atoms with E-state index in [0.717, 1.165) is 18.6 Å². The molecule has 0 aliphatic rings. The fraction of sp³-hybridized carbons (Fsp3) is 0.571. The minimum Gasteiger partial charge on any atom is -0.496 e. The van der Waals surface area contributed by atoms with Crippen molar-refractivity contribution in [3.63, 3.8) is 0 Å². The zero-order valence-electron chi connectivity index (χ0n) is 11.8. The number of hydrogen-bond acceptors (Lipinski definition) is 3. The molecule has 0 aliphatic carbocycles. The van der Waals surface area contributed by atoms with Crippen LogP contribution in [0.5, 0.6) is 5.75 Å². The van der Waals surface area contributed by atoms with Crippen LogP contribution < -0.4 is 9.64 Å². The number of anilines is 1. The first-order valence-electron chi connectivity index (χ1n) is 6.04. The van der Waals surface area contributed by atoms with Gasteiger partial charge in [-0.3, -0.25) is 0 Å². The van der Waals surface area contributed by atoms with Gasteiger partial charge in [0, 0.05) is 19.8 Å². The minimum absolute atomic E-state index is 1.01. The Hall–Kier alpha value is -0.830. The highest BCUT2D eigenvalue weighted by molar-refractivity contribution is 7.98. The number of aryl methyl sites for hydroxylation is 1. The van der Waals surface area contributed by atoms with Crippen LogP contribution >= 0.6 is 11.8 Å². The molecule has 0 fully saturated rings. The lowest BCUT2D eigenvalue weighted by Gasteiger charge is -2.24. The van der Waals surface area contributed by atoms with Crippen molar-refractivity contribution in [3.8, 4) is 5.75 Å². The second kappa shape index (κ2) is 6.20. The molecule has 0 saturated carbocycles. The lowest BCUT2D eigenvalue weighted by atomic mass is 10.0. The van der Waals surface area contributed by atoms with Gasteiger partial charge in [0.05, 0.1) is 12.0 Å². The summed E-state index contributed by atoms with van der Waals surface area (Å²) in [4.78, 5) is 3.49. The zero-order chi connectivity index (χ0) is 13.0. The van der Waals surface area contributed by atoms with Crippen molar-refractivity contribution in [1.82, 2.24) is 0 Å². The Labute approximate surface area is 109 Å². The Morgan fingerprint density at radius 2 is 1.88 bits per heavy atom. The Bertz CT molecular complexity index is 388. The average Bonchev–Trinajstić information content (AvgIpc) is 2.35. The molecule has 0 unspecified atom stereocenters. The maximum Gasteiger partial charge on any atom is 0.133 e. The lowest BCUT2D eigenvalue weighted by molar-refractivity contribution is 0.403. The molecule has 0 aliphatic heterocycles. The Morgan fingerprint density at radius 1 is 1.24 bits per heavy atom. The first kappa shape index (κ1) is 14.2. The van der Waals surface area contributed by atoms with E-state index in [1.54, 1.807) is 18.9 Å². The van der Waals surface area contributed by atoms with Gasteiger partial charge < -0.3 is 9.64 Å². The molecular weight excluding hydrogens is 230 g/mol. The topological polar surface area (TPSA) is 12.5 Å². The van der Waals surface area contributed by atoms with E-state index in [9.17, 15) is 0 Å². The summed E-state index contributed by atoms with van der Waals surface area (Å²) in [5.41, 5.74) is 4.13. The molecule has 0 atom stereocenters. The van der Waals surface area contributed by atoms with Gasteiger partial charge in [-0.1, -0.05) is 13.8 Å². The van der Waals surface area contributed by atoms with Crippen LogP contribution in [-0.2, 0) is 12.8 Å². The van der Waals surface area contributed by atoms with E-state index in [1.807, 2.05) is 0 Å². The van der Waals surface area contributed by atoms with Crippen LogP contribution in [0.4, 0.5) is 5.69 Å². The highest BCUT2D eigenvalue weighted by atomic mass is 32.2. The van der Waals surface area contributed by atoms with Gasteiger partial charge in [0.25, 0.3) is 0 Å². The Balaban J connectivity index is 3.56.